The molecule has 2 atom stereocenters. The number of nitrogens with zero attached hydrogens (tertiary/aromatic N) is 1. The van der Waals surface area contributed by atoms with Crippen molar-refractivity contribution >= 4 is 17.8 Å². The summed E-state index contributed by atoms with van der Waals surface area (Å²) in [5.41, 5.74) is 2.96. The zero-order valence-corrected chi connectivity index (χ0v) is 18.3. The molecule has 2 fully saturated rings. The van der Waals surface area contributed by atoms with Gasteiger partial charge in [-0.3, -0.25) is 0 Å². The Hall–Kier alpha value is -2.30. The number of oxime groups is 1. The van der Waals surface area contributed by atoms with Crippen LogP contribution in [0.2, 0.25) is 0 Å². The van der Waals surface area contributed by atoms with E-state index in [2.05, 4.69) is 32.0 Å². The molecule has 4 rings (SSSR count). The minimum atomic E-state index is -0.281. The summed E-state index contributed by atoms with van der Waals surface area (Å²) >= 11 is 0. The van der Waals surface area contributed by atoms with Crippen molar-refractivity contribution in [3.63, 3.8) is 0 Å². The molecule has 0 amide bonds. The lowest BCUT2D eigenvalue weighted by atomic mass is 9.70. The Kier molecular flexibility index (Phi) is 4.56. The normalized spacial score (nSPS) is 29.7. The van der Waals surface area contributed by atoms with Crippen molar-refractivity contribution in [3.8, 4) is 11.5 Å². The molecule has 5 nitrogen and oxygen atoms in total. The minimum Gasteiger partial charge on any atom is -0.454 e. The molecule has 1 heterocycles. The van der Waals surface area contributed by atoms with Crippen molar-refractivity contribution in [2.45, 2.75) is 60.8 Å². The van der Waals surface area contributed by atoms with Crippen LogP contribution in [0.1, 0.15) is 66.4 Å². The maximum Gasteiger partial charge on any atom is 0.335 e. The highest BCUT2D eigenvalue weighted by Gasteiger charge is 2.63. The van der Waals surface area contributed by atoms with Crippen molar-refractivity contribution in [3.05, 3.63) is 29.3 Å². The molecule has 2 aliphatic carbocycles. The average molecular weight is 398 g/mol. The van der Waals surface area contributed by atoms with E-state index < -0.39 is 0 Å². The lowest BCUT2D eigenvalue weighted by Crippen LogP contribution is -2.33. The van der Waals surface area contributed by atoms with Gasteiger partial charge < -0.3 is 14.3 Å². The number of ether oxygens (including phenoxy) is 2. The van der Waals surface area contributed by atoms with E-state index >= 15 is 0 Å². The second-order valence-corrected chi connectivity index (χ2v) is 10.5. The molecule has 2 saturated carbocycles. The van der Waals surface area contributed by atoms with Gasteiger partial charge in [0.2, 0.25) is 6.79 Å². The van der Waals surface area contributed by atoms with Gasteiger partial charge in [-0.05, 0) is 58.9 Å². The van der Waals surface area contributed by atoms with E-state index in [1.807, 2.05) is 39.0 Å². The number of fused-ring (bicyclic) bond motifs is 3. The molecule has 29 heavy (non-hydrogen) atoms. The van der Waals surface area contributed by atoms with Crippen LogP contribution >= 0.6 is 0 Å². The van der Waals surface area contributed by atoms with Gasteiger partial charge in [-0.2, -0.15) is 0 Å². The lowest BCUT2D eigenvalue weighted by molar-refractivity contribution is -0.145. The number of carbonyl (C=O) groups is 1. The molecule has 2 bridgehead atoms. The summed E-state index contributed by atoms with van der Waals surface area (Å²) < 4.78 is 11.0. The smallest absolute Gasteiger partial charge is 0.335 e. The maximum atomic E-state index is 12.3. The summed E-state index contributed by atoms with van der Waals surface area (Å²) in [6.07, 6.45) is 4.69. The Morgan fingerprint density at radius 3 is 2.69 bits per heavy atom. The van der Waals surface area contributed by atoms with E-state index in [0.29, 0.717) is 12.3 Å². The van der Waals surface area contributed by atoms with Gasteiger partial charge in [0.25, 0.3) is 0 Å². The van der Waals surface area contributed by atoms with Crippen molar-refractivity contribution in [1.82, 2.24) is 0 Å². The van der Waals surface area contributed by atoms with E-state index in [1.165, 1.54) is 5.57 Å². The quantitative estimate of drug-likeness (QED) is 0.493. The van der Waals surface area contributed by atoms with Gasteiger partial charge in [-0.15, -0.1) is 0 Å². The molecule has 0 N–H and O–H groups in total. The topological polar surface area (TPSA) is 57.1 Å². The first-order valence-electron chi connectivity index (χ1n) is 10.4. The highest BCUT2D eigenvalue weighted by Crippen LogP contribution is 2.66. The van der Waals surface area contributed by atoms with Crippen molar-refractivity contribution in [2.75, 3.05) is 6.79 Å². The summed E-state index contributed by atoms with van der Waals surface area (Å²) in [5, 5.41) is 4.45. The minimum absolute atomic E-state index is 0.0600. The third-order valence-corrected chi connectivity index (χ3v) is 7.03. The van der Waals surface area contributed by atoms with Crippen LogP contribution in [0, 0.1) is 22.2 Å². The van der Waals surface area contributed by atoms with E-state index in [-0.39, 0.29) is 29.0 Å². The molecular weight excluding hydrogens is 366 g/mol. The van der Waals surface area contributed by atoms with Gasteiger partial charge in [0.05, 0.1) is 12.1 Å². The van der Waals surface area contributed by atoms with E-state index in [9.17, 15) is 4.79 Å². The maximum absolute atomic E-state index is 12.3. The summed E-state index contributed by atoms with van der Waals surface area (Å²) in [7, 11) is 0. The van der Waals surface area contributed by atoms with E-state index in [4.69, 9.17) is 14.3 Å². The second kappa shape index (κ2) is 6.61. The van der Waals surface area contributed by atoms with Crippen LogP contribution < -0.4 is 9.47 Å². The molecule has 3 aliphatic rings. The van der Waals surface area contributed by atoms with Crippen LogP contribution in [0.4, 0.5) is 0 Å². The zero-order chi connectivity index (χ0) is 21.0. The Morgan fingerprint density at radius 1 is 1.24 bits per heavy atom. The second-order valence-electron chi connectivity index (χ2n) is 10.5. The van der Waals surface area contributed by atoms with Crippen LogP contribution in [0.15, 0.2) is 28.9 Å². The highest BCUT2D eigenvalue weighted by atomic mass is 16.7. The van der Waals surface area contributed by atoms with Crippen LogP contribution in [0.5, 0.6) is 11.5 Å². The van der Waals surface area contributed by atoms with Gasteiger partial charge >= 0.3 is 5.97 Å². The molecule has 1 aromatic carbocycles. The first-order valence-corrected chi connectivity index (χ1v) is 10.4. The largest absolute Gasteiger partial charge is 0.454 e. The fourth-order valence-corrected chi connectivity index (χ4v) is 5.02. The fourth-order valence-electron chi connectivity index (χ4n) is 5.02. The van der Waals surface area contributed by atoms with Crippen molar-refractivity contribution < 1.29 is 19.1 Å². The number of hydrogen-bond acceptors (Lipinski definition) is 5. The summed E-state index contributed by atoms with van der Waals surface area (Å²) in [4.78, 5) is 17.7. The fraction of sp³-hybridized carbons (Fsp3) is 0.583. The molecule has 1 aromatic rings. The standard InChI is InChI=1S/C24H31NO4/c1-22(2,3)13-20(26)29-25-21-16(17-9-10-24(21,6)23(17,4)5)11-15-7-8-18-19(12-15)28-14-27-18/h7-8,11-12,17H,9-10,13-14H2,1-6H3. The van der Waals surface area contributed by atoms with Crippen LogP contribution in [0.3, 0.4) is 0 Å². The average Bonchev–Trinajstić information content (AvgIpc) is 3.19. The SMILES string of the molecule is CC(C)(C)CC(=O)ON=C1C(=Cc2ccc3c(c2)OCO3)C2CCC1(C)C2(C)C. The predicted octanol–water partition coefficient (Wildman–Crippen LogP) is 5.59. The number of benzene rings is 1. The van der Waals surface area contributed by atoms with Crippen LogP contribution in [0.25, 0.3) is 6.08 Å². The van der Waals surface area contributed by atoms with Crippen molar-refractivity contribution in [1.29, 1.82) is 0 Å². The number of carbonyl (C=O) groups excluding carboxylic acids is 1. The van der Waals surface area contributed by atoms with Gasteiger partial charge in [-0.25, -0.2) is 4.79 Å². The third-order valence-electron chi connectivity index (χ3n) is 7.03. The van der Waals surface area contributed by atoms with Crippen LogP contribution in [-0.4, -0.2) is 18.5 Å². The van der Waals surface area contributed by atoms with Gasteiger partial charge in [0.1, 0.15) is 0 Å². The Morgan fingerprint density at radius 2 is 1.97 bits per heavy atom. The molecule has 0 radical (unpaired) electrons. The predicted molar refractivity (Wildman–Crippen MR) is 113 cm³/mol. The highest BCUT2D eigenvalue weighted by molar-refractivity contribution is 6.11. The number of hydrogen-bond donors (Lipinski definition) is 0. The third kappa shape index (κ3) is 3.34. The summed E-state index contributed by atoms with van der Waals surface area (Å²) in [5.74, 6) is 1.65. The molecule has 0 aromatic heterocycles. The molecular formula is C24H31NO4. The van der Waals surface area contributed by atoms with E-state index in [0.717, 1.165) is 35.6 Å². The van der Waals surface area contributed by atoms with Gasteiger partial charge in [-0.1, -0.05) is 52.8 Å². The Balaban J connectivity index is 1.69. The van der Waals surface area contributed by atoms with Gasteiger partial charge in [0, 0.05) is 5.41 Å². The first kappa shape index (κ1) is 20.0. The molecule has 0 saturated heterocycles. The molecule has 5 heteroatoms. The Bertz CT molecular complexity index is 906. The van der Waals surface area contributed by atoms with E-state index in [1.54, 1.807) is 0 Å². The number of rotatable bonds is 3. The van der Waals surface area contributed by atoms with Crippen molar-refractivity contribution in [2.24, 2.45) is 27.3 Å². The number of allylic oxidation sites excluding steroid dienone is 1. The summed E-state index contributed by atoms with van der Waals surface area (Å²) in [6, 6.07) is 5.97. The monoisotopic (exact) mass is 397 g/mol. The molecule has 1 aliphatic heterocycles. The first-order chi connectivity index (χ1) is 13.5. The molecule has 0 spiro atoms. The molecule has 2 unspecified atom stereocenters. The summed E-state index contributed by atoms with van der Waals surface area (Å²) in [6.45, 7) is 13.2. The van der Waals surface area contributed by atoms with Gasteiger partial charge in [0.15, 0.2) is 11.5 Å². The zero-order valence-electron chi connectivity index (χ0n) is 18.3. The van der Waals surface area contributed by atoms with Crippen LogP contribution in [-0.2, 0) is 9.63 Å². The molecule has 156 valence electrons. The Labute approximate surface area is 173 Å². The lowest BCUT2D eigenvalue weighted by Gasteiger charge is -2.33.